The van der Waals surface area contributed by atoms with E-state index < -0.39 is 0 Å². The summed E-state index contributed by atoms with van der Waals surface area (Å²) in [5, 5.41) is 4.16. The average molecular weight is 362 g/mol. The van der Waals surface area contributed by atoms with Gasteiger partial charge in [0.1, 0.15) is 5.75 Å². The number of hydrogen-bond acceptors (Lipinski definition) is 4. The Morgan fingerprint density at radius 1 is 1.00 bits per heavy atom. The van der Waals surface area contributed by atoms with Crippen molar-refractivity contribution in [2.45, 2.75) is 15.6 Å². The Morgan fingerprint density at radius 3 is 2.43 bits per heavy atom. The van der Waals surface area contributed by atoms with Crippen molar-refractivity contribution in [3.63, 3.8) is 0 Å². The van der Waals surface area contributed by atoms with Gasteiger partial charge in [0.2, 0.25) is 0 Å². The number of nitrogens with one attached hydrogen (secondary N) is 1. The summed E-state index contributed by atoms with van der Waals surface area (Å²) in [5.41, 5.74) is 1.08. The fraction of sp³-hybridized carbons (Fsp3) is 0.111. The largest absolute Gasteiger partial charge is 0.497 e. The molecule has 3 rings (SSSR count). The lowest BCUT2D eigenvalue weighted by Gasteiger charge is -2.04. The van der Waals surface area contributed by atoms with Crippen molar-refractivity contribution >= 4 is 40.4 Å². The van der Waals surface area contributed by atoms with Crippen LogP contribution in [0.2, 0.25) is 5.02 Å². The second-order valence-corrected chi connectivity index (χ2v) is 7.84. The highest BCUT2D eigenvalue weighted by Gasteiger charge is 2.03. The van der Waals surface area contributed by atoms with Gasteiger partial charge in [0.15, 0.2) is 0 Å². The van der Waals surface area contributed by atoms with E-state index in [1.807, 2.05) is 36.4 Å². The zero-order valence-electron chi connectivity index (χ0n) is 12.6. The Hall–Kier alpha value is -1.62. The molecule has 0 fully saturated rings. The molecule has 0 saturated heterocycles. The monoisotopic (exact) mass is 361 g/mol. The molecule has 0 aliphatic heterocycles. The second kappa shape index (κ2) is 7.77. The number of rotatable bonds is 6. The summed E-state index contributed by atoms with van der Waals surface area (Å²) in [6.45, 7) is 0.815. The van der Waals surface area contributed by atoms with Crippen LogP contribution >= 0.6 is 34.7 Å². The van der Waals surface area contributed by atoms with Crippen molar-refractivity contribution in [1.29, 1.82) is 0 Å². The van der Waals surface area contributed by atoms with Gasteiger partial charge in [-0.3, -0.25) is 0 Å². The summed E-state index contributed by atoms with van der Waals surface area (Å²) in [5.74, 6) is 0.883. The van der Waals surface area contributed by atoms with E-state index in [2.05, 4.69) is 29.6 Å². The van der Waals surface area contributed by atoms with Crippen LogP contribution in [-0.4, -0.2) is 7.11 Å². The molecule has 1 aromatic heterocycles. The van der Waals surface area contributed by atoms with Gasteiger partial charge in [-0.1, -0.05) is 23.4 Å². The molecule has 0 spiro atoms. The van der Waals surface area contributed by atoms with Gasteiger partial charge in [-0.2, -0.15) is 0 Å². The quantitative estimate of drug-likeness (QED) is 0.567. The van der Waals surface area contributed by atoms with Crippen LogP contribution < -0.4 is 10.1 Å². The third-order valence-corrected chi connectivity index (χ3v) is 5.70. The number of methoxy groups -OCH3 is 1. The van der Waals surface area contributed by atoms with Crippen molar-refractivity contribution in [2.24, 2.45) is 0 Å². The van der Waals surface area contributed by atoms with Gasteiger partial charge in [-0.05, 0) is 60.7 Å². The standard InChI is InChI=1S/C18H16ClNOS2/c1-21-15-6-8-16(9-7-15)22-18-11-10-17(23-18)12-20-14-4-2-13(19)3-5-14/h2-11,20H,12H2,1H3. The fourth-order valence-corrected chi connectivity index (χ4v) is 4.24. The summed E-state index contributed by atoms with van der Waals surface area (Å²) in [4.78, 5) is 2.51. The van der Waals surface area contributed by atoms with E-state index in [0.717, 1.165) is 23.0 Å². The zero-order chi connectivity index (χ0) is 16.1. The predicted molar refractivity (Wildman–Crippen MR) is 100 cm³/mol. The molecule has 1 N–H and O–H groups in total. The van der Waals surface area contributed by atoms with E-state index in [1.54, 1.807) is 30.2 Å². The number of halogens is 1. The van der Waals surface area contributed by atoms with Gasteiger partial charge < -0.3 is 10.1 Å². The first-order chi connectivity index (χ1) is 11.2. The van der Waals surface area contributed by atoms with Gasteiger partial charge in [0.25, 0.3) is 0 Å². The minimum absolute atomic E-state index is 0.754. The van der Waals surface area contributed by atoms with Crippen molar-refractivity contribution in [1.82, 2.24) is 0 Å². The maximum Gasteiger partial charge on any atom is 0.118 e. The van der Waals surface area contributed by atoms with Crippen LogP contribution in [0.15, 0.2) is 69.8 Å². The highest BCUT2D eigenvalue weighted by Crippen LogP contribution is 2.34. The van der Waals surface area contributed by atoms with Crippen LogP contribution in [0, 0.1) is 0 Å². The molecule has 0 aliphatic rings. The van der Waals surface area contributed by atoms with E-state index in [0.29, 0.717) is 0 Å². The zero-order valence-corrected chi connectivity index (χ0v) is 15.0. The molecule has 2 aromatic carbocycles. The maximum atomic E-state index is 5.89. The lowest BCUT2D eigenvalue weighted by molar-refractivity contribution is 0.414. The fourth-order valence-electron chi connectivity index (χ4n) is 2.02. The minimum Gasteiger partial charge on any atom is -0.497 e. The predicted octanol–water partition coefficient (Wildman–Crippen LogP) is 6.17. The van der Waals surface area contributed by atoms with Gasteiger partial charge >= 0.3 is 0 Å². The highest BCUT2D eigenvalue weighted by atomic mass is 35.5. The number of ether oxygens (including phenoxy) is 1. The molecule has 23 heavy (non-hydrogen) atoms. The molecule has 2 nitrogen and oxygen atoms in total. The topological polar surface area (TPSA) is 21.3 Å². The van der Waals surface area contributed by atoms with E-state index >= 15 is 0 Å². The van der Waals surface area contributed by atoms with Crippen molar-refractivity contribution < 1.29 is 4.74 Å². The molecule has 3 aromatic rings. The first-order valence-corrected chi connectivity index (χ1v) is 9.14. The lowest BCUT2D eigenvalue weighted by Crippen LogP contribution is -1.96. The summed E-state index contributed by atoms with van der Waals surface area (Å²) < 4.78 is 6.46. The van der Waals surface area contributed by atoms with Gasteiger partial charge in [-0.15, -0.1) is 11.3 Å². The first-order valence-electron chi connectivity index (χ1n) is 7.13. The van der Waals surface area contributed by atoms with Crippen LogP contribution in [-0.2, 0) is 6.54 Å². The van der Waals surface area contributed by atoms with Crippen LogP contribution in [0.4, 0.5) is 5.69 Å². The van der Waals surface area contributed by atoms with Crippen molar-refractivity contribution in [3.8, 4) is 5.75 Å². The minimum atomic E-state index is 0.754. The summed E-state index contributed by atoms with van der Waals surface area (Å²) in [6, 6.07) is 20.2. The molecule has 0 aliphatic carbocycles. The van der Waals surface area contributed by atoms with Crippen LogP contribution in [0.5, 0.6) is 5.75 Å². The average Bonchev–Trinajstić information content (AvgIpc) is 3.02. The first kappa shape index (κ1) is 16.2. The number of hydrogen-bond donors (Lipinski definition) is 1. The molecular formula is C18H16ClNOS2. The van der Waals surface area contributed by atoms with Crippen LogP contribution in [0.3, 0.4) is 0 Å². The smallest absolute Gasteiger partial charge is 0.118 e. The Balaban J connectivity index is 1.57. The van der Waals surface area contributed by atoms with Gasteiger partial charge in [0, 0.05) is 27.0 Å². The molecule has 118 valence electrons. The molecule has 0 amide bonds. The van der Waals surface area contributed by atoms with Gasteiger partial charge in [0.05, 0.1) is 11.3 Å². The Morgan fingerprint density at radius 2 is 1.74 bits per heavy atom. The Kier molecular flexibility index (Phi) is 5.49. The van der Waals surface area contributed by atoms with E-state index in [4.69, 9.17) is 16.3 Å². The van der Waals surface area contributed by atoms with Crippen molar-refractivity contribution in [2.75, 3.05) is 12.4 Å². The van der Waals surface area contributed by atoms with Crippen LogP contribution in [0.25, 0.3) is 0 Å². The lowest BCUT2D eigenvalue weighted by atomic mass is 10.3. The summed E-state index contributed by atoms with van der Waals surface area (Å²) in [7, 11) is 1.68. The van der Waals surface area contributed by atoms with E-state index in [1.165, 1.54) is 14.0 Å². The number of anilines is 1. The van der Waals surface area contributed by atoms with Gasteiger partial charge in [-0.25, -0.2) is 0 Å². The van der Waals surface area contributed by atoms with Crippen molar-refractivity contribution in [3.05, 3.63) is 70.6 Å². The molecule has 0 unspecified atom stereocenters. The highest BCUT2D eigenvalue weighted by molar-refractivity contribution is 8.01. The SMILES string of the molecule is COc1ccc(Sc2ccc(CNc3ccc(Cl)cc3)s2)cc1. The molecule has 0 bridgehead atoms. The number of thiophene rings is 1. The molecule has 0 atom stereocenters. The summed E-state index contributed by atoms with van der Waals surface area (Å²) in [6.07, 6.45) is 0. The molecule has 1 heterocycles. The Labute approximate surface area is 149 Å². The molecule has 0 radical (unpaired) electrons. The third kappa shape index (κ3) is 4.67. The third-order valence-electron chi connectivity index (χ3n) is 3.23. The second-order valence-electron chi connectivity index (χ2n) is 4.86. The molecule has 0 saturated carbocycles. The normalized spacial score (nSPS) is 10.5. The molecule has 5 heteroatoms. The maximum absolute atomic E-state index is 5.89. The Bertz CT molecular complexity index is 753. The van der Waals surface area contributed by atoms with E-state index in [9.17, 15) is 0 Å². The van der Waals surface area contributed by atoms with Crippen LogP contribution in [0.1, 0.15) is 4.88 Å². The van der Waals surface area contributed by atoms with E-state index in [-0.39, 0.29) is 0 Å². The molecular weight excluding hydrogens is 346 g/mol. The number of benzene rings is 2. The summed E-state index contributed by atoms with van der Waals surface area (Å²) >= 11 is 9.46.